The Balaban J connectivity index is 1.34. The summed E-state index contributed by atoms with van der Waals surface area (Å²) in [6, 6.07) is 27.8. The highest BCUT2D eigenvalue weighted by molar-refractivity contribution is 7.92. The molecule has 8 rings (SSSR count). The second-order valence-corrected chi connectivity index (χ2v) is 16.2. The minimum absolute atomic E-state index is 0.00538. The standard InChI is InChI=1S/C40H39F2N5O3S/c1-39(2)24-47-37(50-25-39)34(23-43-47)51(49,45-38(48)44-36-31-20-12-19-30(31)35(42)32-21-29(41)22-33(32)36)46-40(26-13-6-3-7-14-26,27-15-8-4-9-16-27)28-17-10-5-11-18-28/h3-11,13-18,23,29H,12,19-22,24-25H2,1-2H3,(H2,44,45,46,48,49)/t29-,51-/m0/s1. The molecule has 0 saturated carbocycles. The monoisotopic (exact) mass is 707 g/mol. The Morgan fingerprint density at radius 2 is 1.47 bits per heavy atom. The van der Waals surface area contributed by atoms with Crippen LogP contribution in [0.1, 0.15) is 59.2 Å². The van der Waals surface area contributed by atoms with Gasteiger partial charge in [0.05, 0.1) is 19.3 Å². The molecule has 2 N–H and O–H groups in total. The number of nitrogens with zero attached hydrogens (tertiary/aromatic N) is 3. The number of carbonyl (C=O) groups is 1. The predicted molar refractivity (Wildman–Crippen MR) is 192 cm³/mol. The van der Waals surface area contributed by atoms with Gasteiger partial charge in [-0.1, -0.05) is 105 Å². The van der Waals surface area contributed by atoms with Crippen LogP contribution in [0.3, 0.4) is 0 Å². The molecule has 0 bridgehead atoms. The van der Waals surface area contributed by atoms with Gasteiger partial charge in [0.25, 0.3) is 0 Å². The number of rotatable bonds is 7. The lowest BCUT2D eigenvalue weighted by molar-refractivity contribution is 0.0971. The number of hydrogen-bond acceptors (Lipinski definition) is 5. The summed E-state index contributed by atoms with van der Waals surface area (Å²) in [7, 11) is -3.97. The lowest BCUT2D eigenvalue weighted by atomic mass is 9.78. The van der Waals surface area contributed by atoms with Gasteiger partial charge in [0, 0.05) is 23.9 Å². The molecule has 11 heteroatoms. The van der Waals surface area contributed by atoms with Crippen molar-refractivity contribution in [3.63, 3.8) is 0 Å². The number of anilines is 1. The van der Waals surface area contributed by atoms with E-state index in [-0.39, 0.29) is 34.8 Å². The van der Waals surface area contributed by atoms with Crippen molar-refractivity contribution in [2.75, 3.05) is 11.9 Å². The summed E-state index contributed by atoms with van der Waals surface area (Å²) in [5.74, 6) is -0.109. The number of fused-ring (bicyclic) bond motifs is 3. The van der Waals surface area contributed by atoms with Crippen molar-refractivity contribution < 1.29 is 22.5 Å². The smallest absolute Gasteiger partial charge is 0.331 e. The molecular weight excluding hydrogens is 669 g/mol. The van der Waals surface area contributed by atoms with E-state index in [0.717, 1.165) is 23.1 Å². The summed E-state index contributed by atoms with van der Waals surface area (Å²) in [6.45, 7) is 4.95. The maximum Gasteiger partial charge on any atom is 0.331 e. The number of alkyl halides is 1. The molecule has 1 aliphatic heterocycles. The topological polar surface area (TPSA) is 97.6 Å². The normalized spacial score (nSPS) is 18.5. The molecule has 0 unspecified atom stereocenters. The molecular formula is C40H39F2N5O3S. The Morgan fingerprint density at radius 1 is 0.902 bits per heavy atom. The van der Waals surface area contributed by atoms with Crippen molar-refractivity contribution in [2.24, 2.45) is 9.78 Å². The minimum Gasteiger partial charge on any atom is -0.476 e. The van der Waals surface area contributed by atoms with Crippen LogP contribution in [-0.2, 0) is 47.7 Å². The number of benzene rings is 4. The third-order valence-electron chi connectivity index (χ3n) is 10.1. The number of urea groups is 1. The van der Waals surface area contributed by atoms with Gasteiger partial charge in [0.2, 0.25) is 5.88 Å². The zero-order valence-electron chi connectivity index (χ0n) is 28.5. The van der Waals surface area contributed by atoms with Crippen LogP contribution in [0.5, 0.6) is 5.88 Å². The van der Waals surface area contributed by atoms with E-state index >= 15 is 8.60 Å². The van der Waals surface area contributed by atoms with Crippen molar-refractivity contribution in [2.45, 2.75) is 69.1 Å². The molecule has 2 heterocycles. The van der Waals surface area contributed by atoms with E-state index in [1.807, 2.05) is 91.0 Å². The van der Waals surface area contributed by atoms with E-state index in [4.69, 9.17) is 9.10 Å². The van der Waals surface area contributed by atoms with Gasteiger partial charge in [0.15, 0.2) is 9.92 Å². The fourth-order valence-electron chi connectivity index (χ4n) is 7.81. The largest absolute Gasteiger partial charge is 0.476 e. The molecule has 0 fully saturated rings. The van der Waals surface area contributed by atoms with Gasteiger partial charge in [-0.15, -0.1) is 0 Å². The van der Waals surface area contributed by atoms with Gasteiger partial charge in [-0.3, -0.25) is 0 Å². The average Bonchev–Trinajstić information content (AvgIpc) is 3.89. The number of hydrogen-bond donors (Lipinski definition) is 2. The van der Waals surface area contributed by atoms with E-state index in [1.165, 1.54) is 6.20 Å². The molecule has 51 heavy (non-hydrogen) atoms. The molecule has 262 valence electrons. The first-order valence-electron chi connectivity index (χ1n) is 17.3. The molecule has 0 radical (unpaired) electrons. The second kappa shape index (κ2) is 12.6. The Kier molecular flexibility index (Phi) is 8.21. The molecule has 0 saturated heterocycles. The molecule has 2 atom stereocenters. The summed E-state index contributed by atoms with van der Waals surface area (Å²) in [6.07, 6.45) is 1.94. The van der Waals surface area contributed by atoms with E-state index in [0.29, 0.717) is 53.9 Å². The molecule has 2 amide bonds. The number of aromatic nitrogens is 2. The Labute approximate surface area is 296 Å². The first-order chi connectivity index (χ1) is 24.6. The molecule has 0 spiro atoms. The Hall–Kier alpha value is -5.03. The number of nitrogens with one attached hydrogen (secondary N) is 2. The lowest BCUT2D eigenvalue weighted by Gasteiger charge is -2.34. The fraction of sp³-hybridized carbons (Fsp3) is 0.300. The van der Waals surface area contributed by atoms with Crippen LogP contribution < -0.4 is 14.8 Å². The van der Waals surface area contributed by atoms with Gasteiger partial charge in [-0.05, 0) is 58.2 Å². The van der Waals surface area contributed by atoms with Crippen LogP contribution in [0.2, 0.25) is 0 Å². The number of carbonyl (C=O) groups excluding carboxylic acids is 1. The Bertz CT molecular complexity index is 2150. The number of amides is 2. The summed E-state index contributed by atoms with van der Waals surface area (Å²) in [5.41, 5.74) is 2.91. The number of ether oxygens (including phenoxy) is 1. The van der Waals surface area contributed by atoms with Gasteiger partial charge in [-0.2, -0.15) is 9.46 Å². The maximum atomic E-state index is 16.0. The summed E-state index contributed by atoms with van der Waals surface area (Å²) in [5, 5.41) is 7.48. The molecule has 3 aliphatic rings. The van der Waals surface area contributed by atoms with Crippen molar-refractivity contribution in [3.8, 4) is 5.88 Å². The SMILES string of the molecule is CC1(C)COc2c([S@@](=O)(=NC(c3ccccc3)(c3ccccc3)c3ccccc3)NC(=O)Nc3c4c(c(F)c5c3C[C@@H](F)C5)CCC4)cnn2C1. The zero-order chi connectivity index (χ0) is 35.4. The quantitative estimate of drug-likeness (QED) is 0.168. The van der Waals surface area contributed by atoms with Crippen LogP contribution in [0.25, 0.3) is 0 Å². The van der Waals surface area contributed by atoms with Crippen LogP contribution in [0.15, 0.2) is 106 Å². The molecule has 5 aromatic rings. The third kappa shape index (κ3) is 5.77. The first kappa shape index (κ1) is 33.1. The van der Waals surface area contributed by atoms with E-state index in [2.05, 4.69) is 29.0 Å². The van der Waals surface area contributed by atoms with Crippen molar-refractivity contribution in [1.82, 2.24) is 14.5 Å². The lowest BCUT2D eigenvalue weighted by Crippen LogP contribution is -2.39. The minimum atomic E-state index is -3.97. The van der Waals surface area contributed by atoms with Gasteiger partial charge < -0.3 is 10.1 Å². The van der Waals surface area contributed by atoms with Crippen molar-refractivity contribution in [3.05, 3.63) is 142 Å². The summed E-state index contributed by atoms with van der Waals surface area (Å²) >= 11 is 0. The maximum absolute atomic E-state index is 16.0. The van der Waals surface area contributed by atoms with Crippen LogP contribution >= 0.6 is 0 Å². The first-order valence-corrected chi connectivity index (χ1v) is 18.8. The summed E-state index contributed by atoms with van der Waals surface area (Å²) < 4.78 is 62.3. The highest BCUT2D eigenvalue weighted by atomic mass is 32.2. The second-order valence-electron chi connectivity index (χ2n) is 14.4. The van der Waals surface area contributed by atoms with Gasteiger partial charge >= 0.3 is 6.03 Å². The number of halogens is 2. The predicted octanol–water partition coefficient (Wildman–Crippen LogP) is 7.92. The van der Waals surface area contributed by atoms with E-state index in [9.17, 15) is 9.18 Å². The summed E-state index contributed by atoms with van der Waals surface area (Å²) in [4.78, 5) is 14.5. The Morgan fingerprint density at radius 3 is 2.08 bits per heavy atom. The molecule has 2 aliphatic carbocycles. The van der Waals surface area contributed by atoms with Gasteiger partial charge in [-0.25, -0.2) is 27.2 Å². The van der Waals surface area contributed by atoms with Gasteiger partial charge in [0.1, 0.15) is 22.4 Å². The average molecular weight is 708 g/mol. The van der Waals surface area contributed by atoms with Crippen LogP contribution in [0, 0.1) is 11.2 Å². The van der Waals surface area contributed by atoms with Crippen molar-refractivity contribution >= 4 is 21.6 Å². The molecule has 4 aromatic carbocycles. The van der Waals surface area contributed by atoms with Crippen LogP contribution in [-0.4, -0.2) is 32.8 Å². The van der Waals surface area contributed by atoms with Crippen LogP contribution in [0.4, 0.5) is 19.3 Å². The van der Waals surface area contributed by atoms with Crippen molar-refractivity contribution in [1.29, 1.82) is 0 Å². The zero-order valence-corrected chi connectivity index (χ0v) is 29.3. The fourth-order valence-corrected chi connectivity index (χ4v) is 9.66. The molecule has 8 nitrogen and oxygen atoms in total. The van der Waals surface area contributed by atoms with E-state index < -0.39 is 27.7 Å². The highest BCUT2D eigenvalue weighted by Crippen LogP contribution is 2.45. The molecule has 1 aromatic heterocycles. The van der Waals surface area contributed by atoms with E-state index in [1.54, 1.807) is 4.68 Å². The third-order valence-corrected chi connectivity index (χ3v) is 12.0. The highest BCUT2D eigenvalue weighted by Gasteiger charge is 2.42.